The summed E-state index contributed by atoms with van der Waals surface area (Å²) in [4.78, 5) is 11.9. The standard InChI is InChI=1S/C13H21N3O3S/c1-9-5-6-11(20(18,19)16(3)4)8-12(9)15-13(17)7-10(2)14/h5-6,8,10H,7,14H2,1-4H3,(H,15,17). The Morgan fingerprint density at radius 2 is 2.00 bits per heavy atom. The highest BCUT2D eigenvalue weighted by molar-refractivity contribution is 7.89. The Morgan fingerprint density at radius 3 is 2.50 bits per heavy atom. The van der Waals surface area contributed by atoms with Crippen LogP contribution in [0.1, 0.15) is 18.9 Å². The summed E-state index contributed by atoms with van der Waals surface area (Å²) in [6.45, 7) is 3.53. The number of carbonyl (C=O) groups is 1. The van der Waals surface area contributed by atoms with Crippen molar-refractivity contribution >= 4 is 21.6 Å². The average Bonchev–Trinajstić information content (AvgIpc) is 2.30. The monoisotopic (exact) mass is 299 g/mol. The van der Waals surface area contributed by atoms with Gasteiger partial charge >= 0.3 is 0 Å². The Kier molecular flexibility index (Phi) is 5.27. The minimum absolute atomic E-state index is 0.143. The van der Waals surface area contributed by atoms with Crippen LogP contribution in [0, 0.1) is 6.92 Å². The number of aryl methyl sites for hydroxylation is 1. The van der Waals surface area contributed by atoms with Gasteiger partial charge in [0.15, 0.2) is 0 Å². The van der Waals surface area contributed by atoms with Gasteiger partial charge in [0, 0.05) is 32.2 Å². The summed E-state index contributed by atoms with van der Waals surface area (Å²) >= 11 is 0. The van der Waals surface area contributed by atoms with E-state index in [1.807, 2.05) is 0 Å². The topological polar surface area (TPSA) is 92.5 Å². The number of benzene rings is 1. The molecule has 112 valence electrons. The lowest BCUT2D eigenvalue weighted by Crippen LogP contribution is -2.25. The average molecular weight is 299 g/mol. The summed E-state index contributed by atoms with van der Waals surface area (Å²) < 4.78 is 25.2. The molecule has 0 saturated carbocycles. The minimum atomic E-state index is -3.52. The number of rotatable bonds is 5. The van der Waals surface area contributed by atoms with Crippen LogP contribution in [0.3, 0.4) is 0 Å². The van der Waals surface area contributed by atoms with Gasteiger partial charge in [0.25, 0.3) is 0 Å². The molecule has 1 atom stereocenters. The lowest BCUT2D eigenvalue weighted by molar-refractivity contribution is -0.116. The maximum absolute atomic E-state index is 12.1. The summed E-state index contributed by atoms with van der Waals surface area (Å²) in [5.74, 6) is -0.234. The third-order valence-corrected chi connectivity index (χ3v) is 4.58. The Bertz CT molecular complexity index is 595. The molecule has 20 heavy (non-hydrogen) atoms. The molecule has 1 amide bonds. The van der Waals surface area contributed by atoms with E-state index in [2.05, 4.69) is 5.32 Å². The maximum Gasteiger partial charge on any atom is 0.242 e. The largest absolute Gasteiger partial charge is 0.327 e. The second-order valence-electron chi connectivity index (χ2n) is 4.99. The summed E-state index contributed by atoms with van der Waals surface area (Å²) in [6, 6.07) is 4.40. The van der Waals surface area contributed by atoms with Crippen LogP contribution in [-0.2, 0) is 14.8 Å². The van der Waals surface area contributed by atoms with Crippen LogP contribution >= 0.6 is 0 Å². The second kappa shape index (κ2) is 6.34. The number of hydrogen-bond donors (Lipinski definition) is 2. The van der Waals surface area contributed by atoms with Gasteiger partial charge in [0.1, 0.15) is 0 Å². The molecule has 1 rings (SSSR count). The minimum Gasteiger partial charge on any atom is -0.327 e. The van der Waals surface area contributed by atoms with Gasteiger partial charge < -0.3 is 11.1 Å². The predicted molar refractivity (Wildman–Crippen MR) is 78.9 cm³/mol. The summed E-state index contributed by atoms with van der Waals surface area (Å²) in [6.07, 6.45) is 0.185. The number of nitrogens with two attached hydrogens (primary N) is 1. The maximum atomic E-state index is 12.1. The van der Waals surface area contributed by atoms with E-state index in [1.54, 1.807) is 19.9 Å². The number of sulfonamides is 1. The van der Waals surface area contributed by atoms with Crippen molar-refractivity contribution in [1.82, 2.24) is 4.31 Å². The predicted octanol–water partition coefficient (Wildman–Crippen LogP) is 0.921. The van der Waals surface area contributed by atoms with Crippen molar-refractivity contribution in [2.75, 3.05) is 19.4 Å². The highest BCUT2D eigenvalue weighted by atomic mass is 32.2. The first-order valence-corrected chi connectivity index (χ1v) is 7.67. The normalized spacial score (nSPS) is 13.3. The van der Waals surface area contributed by atoms with Gasteiger partial charge in [0.2, 0.25) is 15.9 Å². The Labute approximate surface area is 120 Å². The quantitative estimate of drug-likeness (QED) is 0.845. The zero-order valence-corrected chi connectivity index (χ0v) is 13.0. The fraction of sp³-hybridized carbons (Fsp3) is 0.462. The van der Waals surface area contributed by atoms with Gasteiger partial charge in [0.05, 0.1) is 4.90 Å². The molecule has 0 aliphatic carbocycles. The van der Waals surface area contributed by atoms with Gasteiger partial charge in [-0.3, -0.25) is 4.79 Å². The van der Waals surface area contributed by atoms with Crippen molar-refractivity contribution in [3.63, 3.8) is 0 Å². The molecular weight excluding hydrogens is 278 g/mol. The number of amides is 1. The van der Waals surface area contributed by atoms with E-state index >= 15 is 0 Å². The van der Waals surface area contributed by atoms with E-state index in [4.69, 9.17) is 5.73 Å². The highest BCUT2D eigenvalue weighted by Crippen LogP contribution is 2.22. The first-order chi connectivity index (χ1) is 9.14. The highest BCUT2D eigenvalue weighted by Gasteiger charge is 2.18. The molecule has 0 radical (unpaired) electrons. The molecule has 0 aliphatic rings. The third-order valence-electron chi connectivity index (χ3n) is 2.77. The zero-order chi connectivity index (χ0) is 15.5. The van der Waals surface area contributed by atoms with Crippen molar-refractivity contribution < 1.29 is 13.2 Å². The first-order valence-electron chi connectivity index (χ1n) is 6.23. The van der Waals surface area contributed by atoms with Crippen LogP contribution in [0.15, 0.2) is 23.1 Å². The van der Waals surface area contributed by atoms with Gasteiger partial charge in [-0.05, 0) is 31.5 Å². The van der Waals surface area contributed by atoms with Crippen LogP contribution in [0.2, 0.25) is 0 Å². The molecule has 0 fully saturated rings. The molecule has 1 aromatic carbocycles. The molecule has 1 unspecified atom stereocenters. The van der Waals surface area contributed by atoms with Crippen LogP contribution < -0.4 is 11.1 Å². The van der Waals surface area contributed by atoms with Crippen LogP contribution in [0.5, 0.6) is 0 Å². The molecule has 7 heteroatoms. The molecule has 0 saturated heterocycles. The first kappa shape index (κ1) is 16.6. The SMILES string of the molecule is Cc1ccc(S(=O)(=O)N(C)C)cc1NC(=O)CC(C)N. The van der Waals surface area contributed by atoms with Crippen molar-refractivity contribution in [3.8, 4) is 0 Å². The molecule has 1 aromatic rings. The Morgan fingerprint density at radius 1 is 1.40 bits per heavy atom. The van der Waals surface area contributed by atoms with Crippen LogP contribution in [0.25, 0.3) is 0 Å². The number of nitrogens with zero attached hydrogens (tertiary/aromatic N) is 1. The van der Waals surface area contributed by atoms with Gasteiger partial charge in [-0.1, -0.05) is 6.07 Å². The molecule has 6 nitrogen and oxygen atoms in total. The molecule has 0 aromatic heterocycles. The van der Waals surface area contributed by atoms with Crippen molar-refractivity contribution in [2.45, 2.75) is 31.2 Å². The fourth-order valence-electron chi connectivity index (χ4n) is 1.60. The van der Waals surface area contributed by atoms with Crippen LogP contribution in [-0.4, -0.2) is 38.8 Å². The number of carbonyl (C=O) groups excluding carboxylic acids is 1. The summed E-state index contributed by atoms with van der Waals surface area (Å²) in [5, 5.41) is 2.69. The van der Waals surface area contributed by atoms with Crippen molar-refractivity contribution in [2.24, 2.45) is 5.73 Å². The van der Waals surface area contributed by atoms with E-state index in [9.17, 15) is 13.2 Å². The van der Waals surface area contributed by atoms with E-state index in [-0.39, 0.29) is 23.3 Å². The van der Waals surface area contributed by atoms with Gasteiger partial charge in [-0.2, -0.15) is 0 Å². The molecule has 3 N–H and O–H groups in total. The van der Waals surface area contributed by atoms with E-state index in [0.717, 1.165) is 9.87 Å². The zero-order valence-electron chi connectivity index (χ0n) is 12.2. The van der Waals surface area contributed by atoms with E-state index in [1.165, 1.54) is 26.2 Å². The molecular formula is C13H21N3O3S. The molecule has 0 spiro atoms. The molecule has 0 bridgehead atoms. The summed E-state index contributed by atoms with van der Waals surface area (Å²) in [7, 11) is -0.594. The smallest absolute Gasteiger partial charge is 0.242 e. The number of anilines is 1. The summed E-state index contributed by atoms with van der Waals surface area (Å²) in [5.41, 5.74) is 6.84. The van der Waals surface area contributed by atoms with Gasteiger partial charge in [-0.15, -0.1) is 0 Å². The Balaban J connectivity index is 3.07. The van der Waals surface area contributed by atoms with Crippen LogP contribution in [0.4, 0.5) is 5.69 Å². The van der Waals surface area contributed by atoms with E-state index < -0.39 is 10.0 Å². The van der Waals surface area contributed by atoms with Gasteiger partial charge in [-0.25, -0.2) is 12.7 Å². The molecule has 0 aliphatic heterocycles. The van der Waals surface area contributed by atoms with E-state index in [0.29, 0.717) is 5.69 Å². The second-order valence-corrected chi connectivity index (χ2v) is 7.15. The lowest BCUT2D eigenvalue weighted by Gasteiger charge is -2.14. The fourth-order valence-corrected chi connectivity index (χ4v) is 2.53. The third kappa shape index (κ3) is 4.03. The number of hydrogen-bond acceptors (Lipinski definition) is 4. The lowest BCUT2D eigenvalue weighted by atomic mass is 10.2. The number of nitrogens with one attached hydrogen (secondary N) is 1. The van der Waals surface area contributed by atoms with Crippen molar-refractivity contribution in [1.29, 1.82) is 0 Å². The molecule has 0 heterocycles. The Hall–Kier alpha value is -1.44. The van der Waals surface area contributed by atoms with Crippen molar-refractivity contribution in [3.05, 3.63) is 23.8 Å².